The maximum absolute atomic E-state index is 11.7. The molecule has 98 valence electrons. The molecule has 0 aromatic heterocycles. The number of halogens is 1. The van der Waals surface area contributed by atoms with Gasteiger partial charge in [0.2, 0.25) is 16.1 Å². The van der Waals surface area contributed by atoms with Gasteiger partial charge in [-0.3, -0.25) is 4.31 Å². The van der Waals surface area contributed by atoms with Crippen LogP contribution in [0.25, 0.3) is 0 Å². The second-order valence-electron chi connectivity index (χ2n) is 3.85. The smallest absolute Gasteiger partial charge is 0.346 e. The number of hydrogen-bond donors (Lipinski definition) is 1. The quantitative estimate of drug-likeness (QED) is 0.877. The third-order valence-corrected chi connectivity index (χ3v) is 3.85. The number of rotatable bonds is 2. The molecule has 1 N–H and O–H groups in total. The van der Waals surface area contributed by atoms with Crippen molar-refractivity contribution < 1.29 is 23.1 Å². The molecule has 0 fully saturated rings. The van der Waals surface area contributed by atoms with Crippen molar-refractivity contribution in [3.8, 4) is 5.75 Å². The number of carboxylic acid groups (broad SMARTS) is 1. The van der Waals surface area contributed by atoms with E-state index in [0.29, 0.717) is 5.02 Å². The first-order chi connectivity index (χ1) is 8.29. The van der Waals surface area contributed by atoms with Gasteiger partial charge in [-0.1, -0.05) is 11.6 Å². The van der Waals surface area contributed by atoms with Gasteiger partial charge in [0.15, 0.2) is 0 Å². The number of ether oxygens (including phenoxy) is 1. The monoisotopic (exact) mass is 291 g/mol. The maximum atomic E-state index is 11.7. The summed E-state index contributed by atoms with van der Waals surface area (Å²) in [6.07, 6.45) is -0.226. The molecule has 1 aliphatic heterocycles. The van der Waals surface area contributed by atoms with E-state index in [1.54, 1.807) is 0 Å². The second kappa shape index (κ2) is 4.33. The van der Waals surface area contributed by atoms with Gasteiger partial charge in [-0.05, 0) is 18.2 Å². The standard InChI is InChI=1S/C10H10ClNO5S/c1-18(15,16)12-5-9(10(13)14)17-8-3-2-6(11)4-7(8)12/h2-4,9H,5H2,1H3,(H,13,14)/t9-/m0/s1. The number of aliphatic carboxylic acids is 1. The lowest BCUT2D eigenvalue weighted by Gasteiger charge is -2.32. The van der Waals surface area contributed by atoms with Gasteiger partial charge in [0.1, 0.15) is 5.75 Å². The first-order valence-corrected chi connectivity index (χ1v) is 7.18. The van der Waals surface area contributed by atoms with E-state index < -0.39 is 22.1 Å². The molecule has 0 radical (unpaired) electrons. The molecule has 1 heterocycles. The van der Waals surface area contributed by atoms with Crippen LogP contribution in [-0.2, 0) is 14.8 Å². The normalized spacial score (nSPS) is 19.0. The van der Waals surface area contributed by atoms with Gasteiger partial charge in [0, 0.05) is 5.02 Å². The van der Waals surface area contributed by atoms with Crippen LogP contribution in [0.1, 0.15) is 0 Å². The number of carboxylic acids is 1. The van der Waals surface area contributed by atoms with Crippen LogP contribution in [0.5, 0.6) is 5.75 Å². The first kappa shape index (κ1) is 13.0. The third-order valence-electron chi connectivity index (χ3n) is 2.47. The Morgan fingerprint density at radius 1 is 1.56 bits per heavy atom. The Hall–Kier alpha value is -1.47. The van der Waals surface area contributed by atoms with Gasteiger partial charge in [-0.15, -0.1) is 0 Å². The summed E-state index contributed by atoms with van der Waals surface area (Å²) in [6, 6.07) is 4.38. The Balaban J connectivity index is 2.54. The number of hydrogen-bond acceptors (Lipinski definition) is 4. The van der Waals surface area contributed by atoms with Crippen LogP contribution in [0.4, 0.5) is 5.69 Å². The van der Waals surface area contributed by atoms with Gasteiger partial charge in [0.25, 0.3) is 0 Å². The first-order valence-electron chi connectivity index (χ1n) is 4.96. The van der Waals surface area contributed by atoms with Gasteiger partial charge < -0.3 is 9.84 Å². The topological polar surface area (TPSA) is 83.9 Å². The van der Waals surface area contributed by atoms with Crippen molar-refractivity contribution in [3.63, 3.8) is 0 Å². The van der Waals surface area contributed by atoms with E-state index in [1.165, 1.54) is 18.2 Å². The van der Waals surface area contributed by atoms with E-state index in [1.807, 2.05) is 0 Å². The molecule has 0 saturated heterocycles. The fourth-order valence-corrected chi connectivity index (χ4v) is 2.74. The summed E-state index contributed by atoms with van der Waals surface area (Å²) >= 11 is 5.80. The lowest BCUT2D eigenvalue weighted by Crippen LogP contribution is -2.46. The van der Waals surface area contributed by atoms with Gasteiger partial charge in [-0.2, -0.15) is 0 Å². The minimum atomic E-state index is -3.59. The number of anilines is 1. The van der Waals surface area contributed by atoms with E-state index in [9.17, 15) is 13.2 Å². The molecule has 1 atom stereocenters. The van der Waals surface area contributed by atoms with Gasteiger partial charge >= 0.3 is 5.97 Å². The SMILES string of the molecule is CS(=O)(=O)N1C[C@@H](C(=O)O)Oc2ccc(Cl)cc21. The zero-order chi connectivity index (χ0) is 13.5. The lowest BCUT2D eigenvalue weighted by atomic mass is 10.2. The summed E-state index contributed by atoms with van der Waals surface area (Å²) in [6.45, 7) is -0.276. The van der Waals surface area contributed by atoms with E-state index in [2.05, 4.69) is 0 Å². The number of sulfonamides is 1. The van der Waals surface area contributed by atoms with E-state index >= 15 is 0 Å². The van der Waals surface area contributed by atoms with Crippen molar-refractivity contribution in [2.45, 2.75) is 6.10 Å². The van der Waals surface area contributed by atoms with Crippen molar-refractivity contribution in [1.82, 2.24) is 0 Å². The highest BCUT2D eigenvalue weighted by Crippen LogP contribution is 2.36. The average Bonchev–Trinajstić information content (AvgIpc) is 2.26. The fourth-order valence-electron chi connectivity index (χ4n) is 1.67. The van der Waals surface area contributed by atoms with Crippen LogP contribution in [0.3, 0.4) is 0 Å². The highest BCUT2D eigenvalue weighted by molar-refractivity contribution is 7.92. The van der Waals surface area contributed by atoms with Crippen LogP contribution >= 0.6 is 11.6 Å². The number of carbonyl (C=O) groups is 1. The fraction of sp³-hybridized carbons (Fsp3) is 0.300. The zero-order valence-electron chi connectivity index (χ0n) is 9.33. The molecule has 6 nitrogen and oxygen atoms in total. The molecule has 18 heavy (non-hydrogen) atoms. The lowest BCUT2D eigenvalue weighted by molar-refractivity contribution is -0.144. The molecule has 0 unspecified atom stereocenters. The molecule has 1 aliphatic rings. The van der Waals surface area contributed by atoms with Crippen LogP contribution in [0.15, 0.2) is 18.2 Å². The molecule has 2 rings (SSSR count). The molecule has 1 aromatic rings. The summed E-state index contributed by atoms with van der Waals surface area (Å²) in [5.74, 6) is -1.03. The number of nitrogens with zero attached hydrogens (tertiary/aromatic N) is 1. The maximum Gasteiger partial charge on any atom is 0.346 e. The summed E-state index contributed by atoms with van der Waals surface area (Å²) < 4.78 is 29.5. The molecule has 0 bridgehead atoms. The predicted octanol–water partition coefficient (Wildman–Crippen LogP) is 0.952. The van der Waals surface area contributed by atoms with Crippen molar-refractivity contribution in [1.29, 1.82) is 0 Å². The van der Waals surface area contributed by atoms with E-state index in [4.69, 9.17) is 21.4 Å². The summed E-state index contributed by atoms with van der Waals surface area (Å²) in [5.41, 5.74) is 0.252. The zero-order valence-corrected chi connectivity index (χ0v) is 10.9. The average molecular weight is 292 g/mol. The van der Waals surface area contributed by atoms with Crippen LogP contribution in [0.2, 0.25) is 5.02 Å². The number of fused-ring (bicyclic) bond motifs is 1. The van der Waals surface area contributed by atoms with Crippen molar-refractivity contribution in [2.24, 2.45) is 0 Å². The predicted molar refractivity (Wildman–Crippen MR) is 65.7 cm³/mol. The molecule has 8 heteroatoms. The van der Waals surface area contributed by atoms with Crippen molar-refractivity contribution in [3.05, 3.63) is 23.2 Å². The highest BCUT2D eigenvalue weighted by atomic mass is 35.5. The Bertz CT molecular complexity index is 600. The van der Waals surface area contributed by atoms with Crippen LogP contribution in [-0.4, -0.2) is 38.4 Å². The minimum Gasteiger partial charge on any atom is -0.478 e. The molecule has 0 amide bonds. The van der Waals surface area contributed by atoms with Crippen LogP contribution in [0, 0.1) is 0 Å². The molecule has 1 aromatic carbocycles. The Morgan fingerprint density at radius 2 is 2.22 bits per heavy atom. The summed E-state index contributed by atoms with van der Waals surface area (Å²) in [5, 5.41) is 9.28. The molecule has 0 saturated carbocycles. The Kier molecular flexibility index (Phi) is 3.12. The minimum absolute atomic E-state index is 0.184. The van der Waals surface area contributed by atoms with Gasteiger partial charge in [-0.25, -0.2) is 13.2 Å². The molecule has 0 aliphatic carbocycles. The van der Waals surface area contributed by atoms with Crippen LogP contribution < -0.4 is 9.04 Å². The molecular formula is C10H10ClNO5S. The van der Waals surface area contributed by atoms with Crippen molar-refractivity contribution in [2.75, 3.05) is 17.1 Å². The second-order valence-corrected chi connectivity index (χ2v) is 6.19. The molecular weight excluding hydrogens is 282 g/mol. The van der Waals surface area contributed by atoms with Gasteiger partial charge in [0.05, 0.1) is 18.5 Å². The van der Waals surface area contributed by atoms with Crippen molar-refractivity contribution >= 4 is 33.3 Å². The van der Waals surface area contributed by atoms with E-state index in [-0.39, 0.29) is 18.0 Å². The Labute approximate surface area is 109 Å². The molecule has 0 spiro atoms. The van der Waals surface area contributed by atoms with E-state index in [0.717, 1.165) is 10.6 Å². The highest BCUT2D eigenvalue weighted by Gasteiger charge is 2.34. The number of benzene rings is 1. The summed E-state index contributed by atoms with van der Waals surface area (Å²) in [7, 11) is -3.59. The largest absolute Gasteiger partial charge is 0.478 e. The Morgan fingerprint density at radius 3 is 2.78 bits per heavy atom. The third kappa shape index (κ3) is 2.37. The summed E-state index contributed by atoms with van der Waals surface area (Å²) in [4.78, 5) is 10.9.